The van der Waals surface area contributed by atoms with Crippen molar-refractivity contribution in [3.05, 3.63) is 54.6 Å². The SMILES string of the molecule is CCCS(=O)(=O)C[C@H]1CN(c2ccc(C(C)C)c3cc(Nc4ccnc(-c5cnn(S(=O)(=O)C6CC6)c5)n4)ncc23)[C@@H]1C. The van der Waals surface area contributed by atoms with Gasteiger partial charge in [-0.05, 0) is 61.3 Å². The van der Waals surface area contributed by atoms with E-state index in [1.165, 1.54) is 18.0 Å². The van der Waals surface area contributed by atoms with Crippen LogP contribution >= 0.6 is 0 Å². The average Bonchev–Trinajstić information content (AvgIpc) is 3.71. The van der Waals surface area contributed by atoms with Gasteiger partial charge in [0.15, 0.2) is 15.7 Å². The van der Waals surface area contributed by atoms with Crippen molar-refractivity contribution in [1.82, 2.24) is 24.1 Å². The minimum atomic E-state index is -3.47. The van der Waals surface area contributed by atoms with Gasteiger partial charge >= 0.3 is 0 Å². The van der Waals surface area contributed by atoms with Crippen molar-refractivity contribution in [3.63, 3.8) is 0 Å². The van der Waals surface area contributed by atoms with E-state index < -0.39 is 19.9 Å². The van der Waals surface area contributed by atoms with Crippen LogP contribution in [0.5, 0.6) is 0 Å². The molecule has 3 aromatic heterocycles. The number of benzene rings is 1. The molecule has 43 heavy (non-hydrogen) atoms. The van der Waals surface area contributed by atoms with Crippen LogP contribution in [0.15, 0.2) is 49.1 Å². The van der Waals surface area contributed by atoms with Crippen molar-refractivity contribution in [1.29, 1.82) is 0 Å². The van der Waals surface area contributed by atoms with E-state index >= 15 is 0 Å². The zero-order valence-electron chi connectivity index (χ0n) is 24.8. The quantitative estimate of drug-likeness (QED) is 0.249. The first-order valence-corrected chi connectivity index (χ1v) is 18.1. The molecule has 4 heterocycles. The van der Waals surface area contributed by atoms with Crippen LogP contribution in [-0.2, 0) is 19.9 Å². The van der Waals surface area contributed by atoms with Gasteiger partial charge in [0.05, 0.1) is 29.0 Å². The highest BCUT2D eigenvalue weighted by molar-refractivity contribution is 7.91. The van der Waals surface area contributed by atoms with E-state index in [-0.39, 0.29) is 34.6 Å². The monoisotopic (exact) mass is 623 g/mol. The Hall–Kier alpha value is -3.58. The Balaban J connectivity index is 1.25. The van der Waals surface area contributed by atoms with Crippen LogP contribution < -0.4 is 10.2 Å². The van der Waals surface area contributed by atoms with Crippen molar-refractivity contribution < 1.29 is 16.8 Å². The number of aromatic nitrogens is 5. The predicted octanol–water partition coefficient (Wildman–Crippen LogP) is 4.75. The lowest BCUT2D eigenvalue weighted by Crippen LogP contribution is -2.57. The molecule has 2 atom stereocenters. The van der Waals surface area contributed by atoms with Crippen molar-refractivity contribution >= 4 is 48.0 Å². The number of nitrogens with one attached hydrogen (secondary N) is 1. The number of rotatable bonds is 11. The van der Waals surface area contributed by atoms with Crippen LogP contribution in [0.2, 0.25) is 0 Å². The minimum absolute atomic E-state index is 0.109. The van der Waals surface area contributed by atoms with Crippen molar-refractivity contribution in [2.75, 3.05) is 28.3 Å². The highest BCUT2D eigenvalue weighted by atomic mass is 32.2. The Morgan fingerprint density at radius 3 is 2.51 bits per heavy atom. The van der Waals surface area contributed by atoms with E-state index in [2.05, 4.69) is 58.2 Å². The normalized spacial score (nSPS) is 19.1. The molecule has 1 saturated heterocycles. The largest absolute Gasteiger partial charge is 0.368 e. The number of hydrogen-bond donors (Lipinski definition) is 1. The van der Waals surface area contributed by atoms with Crippen molar-refractivity contribution in [2.24, 2.45) is 5.92 Å². The van der Waals surface area contributed by atoms with E-state index in [9.17, 15) is 16.8 Å². The van der Waals surface area contributed by atoms with Crippen LogP contribution in [0.3, 0.4) is 0 Å². The third-order valence-corrected chi connectivity index (χ3v) is 12.4. The van der Waals surface area contributed by atoms with Gasteiger partial charge in [-0.3, -0.25) is 0 Å². The number of anilines is 3. The van der Waals surface area contributed by atoms with Crippen molar-refractivity contribution in [3.8, 4) is 11.4 Å². The first-order valence-electron chi connectivity index (χ1n) is 14.8. The van der Waals surface area contributed by atoms with Crippen molar-refractivity contribution in [2.45, 2.75) is 64.2 Å². The zero-order valence-corrected chi connectivity index (χ0v) is 26.4. The standard InChI is InChI=1S/C30H37N7O4S2/c1-5-12-42(38,39)18-22-16-36(20(22)4)27-9-8-24(19(2)3)25-13-29(32-15-26(25)27)34-28-10-11-31-30(35-28)21-14-33-37(17-21)43(40,41)23-6-7-23/h8-11,13-15,17,19-20,22-23H,5-7,12,16,18H2,1-4H3,(H,31,32,34,35)/t20-,22-/m1/s1. The first kappa shape index (κ1) is 29.5. The third kappa shape index (κ3) is 5.84. The highest BCUT2D eigenvalue weighted by Crippen LogP contribution is 2.40. The molecule has 13 heteroatoms. The van der Waals surface area contributed by atoms with Gasteiger partial charge in [0.25, 0.3) is 10.0 Å². The van der Waals surface area contributed by atoms with E-state index in [4.69, 9.17) is 4.98 Å². The molecule has 1 saturated carbocycles. The molecule has 4 aromatic rings. The summed E-state index contributed by atoms with van der Waals surface area (Å²) in [6.07, 6.45) is 8.35. The molecule has 1 aromatic carbocycles. The summed E-state index contributed by atoms with van der Waals surface area (Å²) in [5.41, 5.74) is 2.75. The summed E-state index contributed by atoms with van der Waals surface area (Å²) in [6, 6.07) is 8.13. The number of pyridine rings is 1. The fraction of sp³-hybridized carbons (Fsp3) is 0.467. The molecule has 6 rings (SSSR count). The second-order valence-electron chi connectivity index (χ2n) is 11.9. The average molecular weight is 624 g/mol. The number of sulfone groups is 1. The lowest BCUT2D eigenvalue weighted by molar-refractivity contribution is 0.341. The van der Waals surface area contributed by atoms with E-state index in [0.717, 1.165) is 20.5 Å². The molecule has 0 radical (unpaired) electrons. The maximum absolute atomic E-state index is 12.5. The molecule has 0 spiro atoms. The van der Waals surface area contributed by atoms with Crippen LogP contribution in [0.25, 0.3) is 22.2 Å². The Kier molecular flexibility index (Phi) is 7.66. The zero-order chi connectivity index (χ0) is 30.5. The van der Waals surface area contributed by atoms with Gasteiger partial charge in [0.1, 0.15) is 11.6 Å². The van der Waals surface area contributed by atoms with Gasteiger partial charge in [-0.25, -0.2) is 31.8 Å². The summed E-state index contributed by atoms with van der Waals surface area (Å²) >= 11 is 0. The lowest BCUT2D eigenvalue weighted by Gasteiger charge is -2.48. The van der Waals surface area contributed by atoms with Gasteiger partial charge in [0, 0.05) is 47.7 Å². The second-order valence-corrected chi connectivity index (χ2v) is 16.2. The summed E-state index contributed by atoms with van der Waals surface area (Å²) in [5, 5.41) is 9.06. The molecule has 11 nitrogen and oxygen atoms in total. The Bertz CT molecular complexity index is 1890. The van der Waals surface area contributed by atoms with Gasteiger partial charge in [-0.15, -0.1) is 0 Å². The van der Waals surface area contributed by atoms with Gasteiger partial charge < -0.3 is 10.2 Å². The van der Waals surface area contributed by atoms with Gasteiger partial charge in [0.2, 0.25) is 0 Å². The molecule has 0 amide bonds. The van der Waals surface area contributed by atoms with Gasteiger partial charge in [-0.2, -0.15) is 9.19 Å². The number of hydrogen-bond acceptors (Lipinski definition) is 10. The van der Waals surface area contributed by atoms with E-state index in [1.807, 2.05) is 19.2 Å². The molecular weight excluding hydrogens is 587 g/mol. The summed E-state index contributed by atoms with van der Waals surface area (Å²) in [7, 11) is -6.52. The molecule has 2 aliphatic rings. The number of nitrogens with zero attached hydrogens (tertiary/aromatic N) is 6. The Labute approximate surface area is 252 Å². The fourth-order valence-electron chi connectivity index (χ4n) is 5.76. The van der Waals surface area contributed by atoms with Crippen LogP contribution in [0.4, 0.5) is 17.3 Å². The minimum Gasteiger partial charge on any atom is -0.368 e. The molecule has 1 N–H and O–H groups in total. The van der Waals surface area contributed by atoms with Crippen LogP contribution in [-0.4, -0.2) is 70.3 Å². The Morgan fingerprint density at radius 1 is 1.02 bits per heavy atom. The third-order valence-electron chi connectivity index (χ3n) is 8.37. The highest BCUT2D eigenvalue weighted by Gasteiger charge is 2.39. The van der Waals surface area contributed by atoms with Crippen LogP contribution in [0.1, 0.15) is 58.4 Å². The number of fused-ring (bicyclic) bond motifs is 1. The predicted molar refractivity (Wildman–Crippen MR) is 169 cm³/mol. The van der Waals surface area contributed by atoms with Gasteiger partial charge in [-0.1, -0.05) is 26.8 Å². The summed E-state index contributed by atoms with van der Waals surface area (Å²) in [4.78, 5) is 15.9. The lowest BCUT2D eigenvalue weighted by atomic mass is 9.88. The maximum Gasteiger partial charge on any atom is 0.256 e. The molecule has 2 fully saturated rings. The molecule has 0 unspecified atom stereocenters. The summed E-state index contributed by atoms with van der Waals surface area (Å²) in [6.45, 7) is 9.00. The summed E-state index contributed by atoms with van der Waals surface area (Å²) in [5.74, 6) is 2.34. The smallest absolute Gasteiger partial charge is 0.256 e. The summed E-state index contributed by atoms with van der Waals surface area (Å²) < 4.78 is 51.0. The van der Waals surface area contributed by atoms with Crippen LogP contribution in [0, 0.1) is 5.92 Å². The molecule has 0 bridgehead atoms. The maximum atomic E-state index is 12.5. The second kappa shape index (κ2) is 11.2. The molecular formula is C30H37N7O4S2. The van der Waals surface area contributed by atoms with E-state index in [0.29, 0.717) is 48.8 Å². The van der Waals surface area contributed by atoms with E-state index in [1.54, 1.807) is 12.3 Å². The molecule has 228 valence electrons. The molecule has 1 aliphatic carbocycles. The topological polar surface area (TPSA) is 140 Å². The molecule has 1 aliphatic heterocycles. The Morgan fingerprint density at radius 2 is 1.81 bits per heavy atom. The first-order chi connectivity index (χ1) is 20.5. The fourth-order valence-corrected chi connectivity index (χ4v) is 9.06.